The second-order valence-corrected chi connectivity index (χ2v) is 4.78. The van der Waals surface area contributed by atoms with E-state index >= 15 is 0 Å². The summed E-state index contributed by atoms with van der Waals surface area (Å²) in [6.07, 6.45) is 1.31. The Morgan fingerprint density at radius 2 is 1.67 bits per heavy atom. The molecular weight excluding hydrogens is 146 g/mol. The molecule has 0 aromatic rings. The number of nitrogens with one attached hydrogen (secondary N) is 1. The van der Waals surface area contributed by atoms with Crippen molar-refractivity contribution in [3.8, 4) is 0 Å². The molecule has 1 nitrogen and oxygen atoms in total. The van der Waals surface area contributed by atoms with Crippen LogP contribution in [0.1, 0.15) is 48.0 Å². The molecule has 0 aliphatic carbocycles. The highest BCUT2D eigenvalue weighted by Crippen LogP contribution is 2.23. The average Bonchev–Trinajstić information content (AvgIpc) is 1.85. The third-order valence-corrected chi connectivity index (χ3v) is 2.69. The highest BCUT2D eigenvalue weighted by Gasteiger charge is 2.24. The SMILES string of the molecule is CCNC(C)(C)C(C)CC(C)C. The average molecular weight is 171 g/mol. The van der Waals surface area contributed by atoms with Gasteiger partial charge in [0.2, 0.25) is 0 Å². The van der Waals surface area contributed by atoms with E-state index in [0.29, 0.717) is 5.54 Å². The van der Waals surface area contributed by atoms with Gasteiger partial charge < -0.3 is 5.32 Å². The van der Waals surface area contributed by atoms with E-state index in [0.717, 1.165) is 18.4 Å². The van der Waals surface area contributed by atoms with Crippen LogP contribution in [0.3, 0.4) is 0 Å². The lowest BCUT2D eigenvalue weighted by Crippen LogP contribution is -2.45. The molecule has 0 aromatic heterocycles. The molecule has 0 radical (unpaired) electrons. The Bertz CT molecular complexity index is 116. The van der Waals surface area contributed by atoms with Crippen LogP contribution in [-0.2, 0) is 0 Å². The normalized spacial score (nSPS) is 15.2. The summed E-state index contributed by atoms with van der Waals surface area (Å²) >= 11 is 0. The largest absolute Gasteiger partial charge is 0.312 e. The lowest BCUT2D eigenvalue weighted by Gasteiger charge is -2.33. The maximum Gasteiger partial charge on any atom is 0.0150 e. The van der Waals surface area contributed by atoms with Gasteiger partial charge in [-0.25, -0.2) is 0 Å². The first-order valence-corrected chi connectivity index (χ1v) is 5.15. The quantitative estimate of drug-likeness (QED) is 0.670. The van der Waals surface area contributed by atoms with Crippen molar-refractivity contribution >= 4 is 0 Å². The van der Waals surface area contributed by atoms with Crippen molar-refractivity contribution in [3.63, 3.8) is 0 Å². The summed E-state index contributed by atoms with van der Waals surface area (Å²) in [5, 5.41) is 3.53. The Hall–Kier alpha value is -0.0400. The van der Waals surface area contributed by atoms with Gasteiger partial charge in [-0.05, 0) is 38.6 Å². The minimum absolute atomic E-state index is 0.291. The predicted molar refractivity (Wildman–Crippen MR) is 56.4 cm³/mol. The third kappa shape index (κ3) is 4.10. The summed E-state index contributed by atoms with van der Waals surface area (Å²) in [7, 11) is 0. The number of hydrogen-bond acceptors (Lipinski definition) is 1. The maximum absolute atomic E-state index is 3.53. The summed E-state index contributed by atoms with van der Waals surface area (Å²) in [5.74, 6) is 1.55. The van der Waals surface area contributed by atoms with Crippen LogP contribution >= 0.6 is 0 Å². The Morgan fingerprint density at radius 3 is 2.00 bits per heavy atom. The second kappa shape index (κ2) is 4.86. The van der Waals surface area contributed by atoms with E-state index in [9.17, 15) is 0 Å². The highest BCUT2D eigenvalue weighted by molar-refractivity contribution is 4.83. The highest BCUT2D eigenvalue weighted by atomic mass is 15.0. The van der Waals surface area contributed by atoms with Gasteiger partial charge in [0.1, 0.15) is 0 Å². The van der Waals surface area contributed by atoms with E-state index in [2.05, 4.69) is 46.9 Å². The van der Waals surface area contributed by atoms with Gasteiger partial charge >= 0.3 is 0 Å². The molecule has 0 fully saturated rings. The summed E-state index contributed by atoms with van der Waals surface area (Å²) < 4.78 is 0. The van der Waals surface area contributed by atoms with Crippen LogP contribution in [0.4, 0.5) is 0 Å². The molecule has 1 atom stereocenters. The molecule has 1 heteroatoms. The van der Waals surface area contributed by atoms with Crippen LogP contribution < -0.4 is 5.32 Å². The summed E-state index contributed by atoms with van der Waals surface area (Å²) in [5.41, 5.74) is 0.291. The molecule has 0 saturated heterocycles. The summed E-state index contributed by atoms with van der Waals surface area (Å²) in [6.45, 7) is 14.7. The van der Waals surface area contributed by atoms with E-state index in [1.807, 2.05) is 0 Å². The molecule has 1 unspecified atom stereocenters. The molecule has 74 valence electrons. The van der Waals surface area contributed by atoms with E-state index in [1.165, 1.54) is 6.42 Å². The van der Waals surface area contributed by atoms with E-state index in [-0.39, 0.29) is 0 Å². The maximum atomic E-state index is 3.53. The topological polar surface area (TPSA) is 12.0 Å². The molecule has 0 aliphatic rings. The smallest absolute Gasteiger partial charge is 0.0150 e. The monoisotopic (exact) mass is 171 g/mol. The van der Waals surface area contributed by atoms with Gasteiger partial charge in [-0.1, -0.05) is 27.7 Å². The summed E-state index contributed by atoms with van der Waals surface area (Å²) in [6, 6.07) is 0. The van der Waals surface area contributed by atoms with Crippen LogP contribution in [0.15, 0.2) is 0 Å². The van der Waals surface area contributed by atoms with Gasteiger partial charge in [-0.2, -0.15) is 0 Å². The molecule has 0 amide bonds. The van der Waals surface area contributed by atoms with Gasteiger partial charge in [-0.3, -0.25) is 0 Å². The fraction of sp³-hybridized carbons (Fsp3) is 1.00. The molecule has 1 N–H and O–H groups in total. The van der Waals surface area contributed by atoms with E-state index in [1.54, 1.807) is 0 Å². The van der Waals surface area contributed by atoms with Gasteiger partial charge in [0.15, 0.2) is 0 Å². The van der Waals surface area contributed by atoms with E-state index < -0.39 is 0 Å². The fourth-order valence-corrected chi connectivity index (χ4v) is 1.63. The van der Waals surface area contributed by atoms with Gasteiger partial charge in [0.05, 0.1) is 0 Å². The Labute approximate surface area is 77.9 Å². The van der Waals surface area contributed by atoms with Crippen molar-refractivity contribution in [3.05, 3.63) is 0 Å². The zero-order chi connectivity index (χ0) is 9.78. The lowest BCUT2D eigenvalue weighted by atomic mass is 9.83. The fourth-order valence-electron chi connectivity index (χ4n) is 1.63. The summed E-state index contributed by atoms with van der Waals surface area (Å²) in [4.78, 5) is 0. The molecule has 0 rings (SSSR count). The van der Waals surface area contributed by atoms with Crippen molar-refractivity contribution in [1.82, 2.24) is 5.32 Å². The minimum atomic E-state index is 0.291. The second-order valence-electron chi connectivity index (χ2n) is 4.78. The first-order valence-electron chi connectivity index (χ1n) is 5.15. The minimum Gasteiger partial charge on any atom is -0.312 e. The van der Waals surface area contributed by atoms with Crippen LogP contribution in [0, 0.1) is 11.8 Å². The third-order valence-electron chi connectivity index (χ3n) is 2.69. The van der Waals surface area contributed by atoms with Crippen LogP contribution in [0.2, 0.25) is 0 Å². The first-order chi connectivity index (χ1) is 5.40. The molecule has 12 heavy (non-hydrogen) atoms. The Balaban J connectivity index is 3.96. The van der Waals surface area contributed by atoms with Gasteiger partial charge in [0, 0.05) is 5.54 Å². The molecule has 0 bridgehead atoms. The van der Waals surface area contributed by atoms with Crippen LogP contribution in [0.25, 0.3) is 0 Å². The predicted octanol–water partition coefficient (Wildman–Crippen LogP) is 3.06. The van der Waals surface area contributed by atoms with Gasteiger partial charge in [-0.15, -0.1) is 0 Å². The Kier molecular flexibility index (Phi) is 4.84. The molecule has 0 saturated carbocycles. The molecule has 0 heterocycles. The van der Waals surface area contributed by atoms with Crippen LogP contribution in [0.5, 0.6) is 0 Å². The number of rotatable bonds is 5. The molecule has 0 aliphatic heterocycles. The van der Waals surface area contributed by atoms with Crippen molar-refractivity contribution in [1.29, 1.82) is 0 Å². The zero-order valence-electron chi connectivity index (χ0n) is 9.57. The molecular formula is C11H25N. The van der Waals surface area contributed by atoms with Crippen LogP contribution in [-0.4, -0.2) is 12.1 Å². The molecule has 0 aromatic carbocycles. The number of hydrogen-bond donors (Lipinski definition) is 1. The standard InChI is InChI=1S/C11H25N/c1-7-12-11(5,6)10(4)8-9(2)3/h9-10,12H,7-8H2,1-6H3. The lowest BCUT2D eigenvalue weighted by molar-refractivity contribution is 0.240. The first kappa shape index (κ1) is 12.0. The van der Waals surface area contributed by atoms with Crippen molar-refractivity contribution in [2.75, 3.05) is 6.54 Å². The molecule has 0 spiro atoms. The van der Waals surface area contributed by atoms with E-state index in [4.69, 9.17) is 0 Å². The van der Waals surface area contributed by atoms with Crippen molar-refractivity contribution < 1.29 is 0 Å². The van der Waals surface area contributed by atoms with Gasteiger partial charge in [0.25, 0.3) is 0 Å². The Morgan fingerprint density at radius 1 is 1.17 bits per heavy atom. The zero-order valence-corrected chi connectivity index (χ0v) is 9.57. The van der Waals surface area contributed by atoms with Crippen molar-refractivity contribution in [2.24, 2.45) is 11.8 Å². The van der Waals surface area contributed by atoms with Crippen molar-refractivity contribution in [2.45, 2.75) is 53.5 Å².